The molecule has 1 heterocycles. The molecule has 10 heteroatoms. The summed E-state index contributed by atoms with van der Waals surface area (Å²) in [6.07, 6.45) is -2.23. The number of carbonyl (C=O) groups is 1. The summed E-state index contributed by atoms with van der Waals surface area (Å²) in [6, 6.07) is 0. The van der Waals surface area contributed by atoms with Crippen molar-refractivity contribution in [2.24, 2.45) is 0 Å². The van der Waals surface area contributed by atoms with Gasteiger partial charge in [0.25, 0.3) is 7.28 Å². The normalized spacial score (nSPS) is 24.0. The van der Waals surface area contributed by atoms with E-state index in [9.17, 15) is 9.90 Å². The SMILES string of the molecule is C=C1OC(=O)OC1(C)[B]C(OOC(C)(C)O)OC(C)(C)OO. The Morgan fingerprint density at radius 1 is 1.36 bits per heavy atom. The summed E-state index contributed by atoms with van der Waals surface area (Å²) in [7, 11) is 1.26. The molecule has 0 aromatic carbocycles. The summed E-state index contributed by atoms with van der Waals surface area (Å²) in [4.78, 5) is 25.0. The molecule has 0 amide bonds. The van der Waals surface area contributed by atoms with Gasteiger partial charge in [-0.25, -0.2) is 24.7 Å². The highest BCUT2D eigenvalue weighted by Gasteiger charge is 2.47. The highest BCUT2D eigenvalue weighted by Crippen LogP contribution is 2.30. The Hall–Kier alpha value is -1.17. The third-order valence-electron chi connectivity index (χ3n) is 2.48. The van der Waals surface area contributed by atoms with Gasteiger partial charge in [-0.05, 0) is 34.6 Å². The van der Waals surface area contributed by atoms with Crippen molar-refractivity contribution in [2.75, 3.05) is 0 Å². The van der Waals surface area contributed by atoms with Crippen molar-refractivity contribution in [1.82, 2.24) is 0 Å². The lowest BCUT2D eigenvalue weighted by Crippen LogP contribution is -2.47. The van der Waals surface area contributed by atoms with Crippen LogP contribution < -0.4 is 0 Å². The van der Waals surface area contributed by atoms with Crippen LogP contribution in [0.4, 0.5) is 4.79 Å². The highest BCUT2D eigenvalue weighted by molar-refractivity contribution is 6.42. The molecule has 1 aliphatic rings. The van der Waals surface area contributed by atoms with E-state index in [1.54, 1.807) is 0 Å². The van der Waals surface area contributed by atoms with E-state index >= 15 is 0 Å². The zero-order valence-corrected chi connectivity index (χ0v) is 13.1. The molecule has 1 aliphatic heterocycles. The fourth-order valence-electron chi connectivity index (χ4n) is 1.39. The molecule has 1 saturated heterocycles. The predicted molar refractivity (Wildman–Crippen MR) is 72.0 cm³/mol. The Balaban J connectivity index is 2.81. The van der Waals surface area contributed by atoms with Crippen LogP contribution in [-0.2, 0) is 28.9 Å². The van der Waals surface area contributed by atoms with Crippen molar-refractivity contribution in [3.63, 3.8) is 0 Å². The maximum Gasteiger partial charge on any atom is 0.513 e. The molecule has 125 valence electrons. The minimum Gasteiger partial charge on any atom is -0.429 e. The van der Waals surface area contributed by atoms with Crippen molar-refractivity contribution < 1.29 is 44.0 Å². The average molecular weight is 319 g/mol. The molecule has 0 aliphatic carbocycles. The van der Waals surface area contributed by atoms with Crippen molar-refractivity contribution in [3.05, 3.63) is 12.3 Å². The van der Waals surface area contributed by atoms with Gasteiger partial charge < -0.3 is 19.3 Å². The van der Waals surface area contributed by atoms with Gasteiger partial charge in [-0.3, -0.25) is 0 Å². The van der Waals surface area contributed by atoms with E-state index < -0.39 is 29.4 Å². The molecular formula is C12H20BO9. The summed E-state index contributed by atoms with van der Waals surface area (Å²) in [5, 5.41) is 18.3. The first-order valence-corrected chi connectivity index (χ1v) is 6.40. The molecule has 2 unspecified atom stereocenters. The van der Waals surface area contributed by atoms with E-state index in [0.717, 1.165) is 0 Å². The minimum atomic E-state index is -1.61. The van der Waals surface area contributed by atoms with E-state index in [1.807, 2.05) is 0 Å². The molecule has 0 saturated carbocycles. The lowest BCUT2D eigenvalue weighted by Gasteiger charge is -2.31. The van der Waals surface area contributed by atoms with Gasteiger partial charge in [-0.1, -0.05) is 6.58 Å². The number of hydrogen-bond donors (Lipinski definition) is 2. The number of cyclic esters (lactones) is 2. The van der Waals surface area contributed by atoms with E-state index in [4.69, 9.17) is 29.2 Å². The minimum absolute atomic E-state index is 0.0145. The van der Waals surface area contributed by atoms with E-state index in [2.05, 4.69) is 11.5 Å². The first-order chi connectivity index (χ1) is 9.87. The molecule has 0 spiro atoms. The topological polar surface area (TPSA) is 113 Å². The second-order valence-electron chi connectivity index (χ2n) is 5.75. The van der Waals surface area contributed by atoms with Gasteiger partial charge in [-0.15, -0.1) is 0 Å². The fourth-order valence-corrected chi connectivity index (χ4v) is 1.39. The van der Waals surface area contributed by atoms with Crippen LogP contribution >= 0.6 is 0 Å². The van der Waals surface area contributed by atoms with Gasteiger partial charge in [0.05, 0.1) is 0 Å². The van der Waals surface area contributed by atoms with Crippen molar-refractivity contribution in [2.45, 2.75) is 57.9 Å². The predicted octanol–water partition coefficient (Wildman–Crippen LogP) is 1.29. The first kappa shape index (κ1) is 18.9. The largest absolute Gasteiger partial charge is 0.513 e. The van der Waals surface area contributed by atoms with Crippen LogP contribution in [0.2, 0.25) is 0 Å². The second-order valence-corrected chi connectivity index (χ2v) is 5.75. The zero-order valence-electron chi connectivity index (χ0n) is 13.1. The Kier molecular flexibility index (Phi) is 5.60. The molecule has 22 heavy (non-hydrogen) atoms. The average Bonchev–Trinajstić information content (AvgIpc) is 2.58. The Bertz CT molecular complexity index is 431. The molecule has 0 bridgehead atoms. The van der Waals surface area contributed by atoms with Gasteiger partial charge in [0, 0.05) is 0 Å². The van der Waals surface area contributed by atoms with Crippen molar-refractivity contribution in [3.8, 4) is 0 Å². The standard InChI is InChI=1S/C12H20BO9/c1-7-12(6,19-9(14)17-7)13-8(18-11(4,5)21-16)20-22-10(2,3)15/h8,15-16H,1H2,2-6H3. The molecular weight excluding hydrogens is 299 g/mol. The van der Waals surface area contributed by atoms with Crippen LogP contribution in [0.15, 0.2) is 12.3 Å². The quantitative estimate of drug-likeness (QED) is 0.224. The molecule has 0 aromatic heterocycles. The van der Waals surface area contributed by atoms with Crippen LogP contribution in [0.25, 0.3) is 0 Å². The molecule has 9 nitrogen and oxygen atoms in total. The smallest absolute Gasteiger partial charge is 0.429 e. The van der Waals surface area contributed by atoms with Crippen molar-refractivity contribution >= 4 is 13.4 Å². The van der Waals surface area contributed by atoms with E-state index in [1.165, 1.54) is 41.9 Å². The lowest BCUT2D eigenvalue weighted by molar-refractivity contribution is -0.479. The van der Waals surface area contributed by atoms with Gasteiger partial charge in [-0.2, -0.15) is 0 Å². The fraction of sp³-hybridized carbons (Fsp3) is 0.750. The maximum absolute atomic E-state index is 11.2. The van der Waals surface area contributed by atoms with Crippen LogP contribution in [0.1, 0.15) is 34.6 Å². The van der Waals surface area contributed by atoms with E-state index in [0.29, 0.717) is 0 Å². The molecule has 0 aromatic rings. The van der Waals surface area contributed by atoms with Gasteiger partial charge in [0.15, 0.2) is 17.8 Å². The molecule has 2 N–H and O–H groups in total. The summed E-state index contributed by atoms with van der Waals surface area (Å²) in [6.45, 7) is 10.5. The third-order valence-corrected chi connectivity index (χ3v) is 2.48. The zero-order chi connectivity index (χ0) is 17.2. The monoisotopic (exact) mass is 319 g/mol. The van der Waals surface area contributed by atoms with E-state index in [-0.39, 0.29) is 5.76 Å². The van der Waals surface area contributed by atoms with Crippen LogP contribution in [0, 0.1) is 0 Å². The van der Waals surface area contributed by atoms with Crippen LogP contribution in [-0.4, -0.2) is 47.1 Å². The molecule has 2 atom stereocenters. The van der Waals surface area contributed by atoms with Crippen molar-refractivity contribution in [1.29, 1.82) is 0 Å². The summed E-state index contributed by atoms with van der Waals surface area (Å²) >= 11 is 0. The Morgan fingerprint density at radius 2 is 1.95 bits per heavy atom. The van der Waals surface area contributed by atoms with Crippen LogP contribution in [0.5, 0.6) is 0 Å². The molecule has 1 rings (SSSR count). The number of carbonyl (C=O) groups excluding carboxylic acids is 1. The summed E-state index contributed by atoms with van der Waals surface area (Å²) < 4.78 is 15.0. The number of ether oxygens (including phenoxy) is 3. The lowest BCUT2D eigenvalue weighted by atomic mass is 9.60. The summed E-state index contributed by atoms with van der Waals surface area (Å²) in [5.74, 6) is -3.06. The number of rotatable bonds is 8. The molecule has 1 fully saturated rings. The van der Waals surface area contributed by atoms with Crippen LogP contribution in [0.3, 0.4) is 0 Å². The third kappa shape index (κ3) is 5.56. The Morgan fingerprint density at radius 3 is 2.36 bits per heavy atom. The Labute approximate surface area is 128 Å². The number of aliphatic hydroxyl groups is 1. The van der Waals surface area contributed by atoms with Gasteiger partial charge in [0.1, 0.15) is 11.3 Å². The van der Waals surface area contributed by atoms with Gasteiger partial charge >= 0.3 is 6.16 Å². The molecule has 1 radical (unpaired) electrons. The first-order valence-electron chi connectivity index (χ1n) is 6.40. The van der Waals surface area contributed by atoms with Gasteiger partial charge in [0.2, 0.25) is 0 Å². The highest BCUT2D eigenvalue weighted by atomic mass is 17.3. The number of hydrogen-bond acceptors (Lipinski definition) is 9. The maximum atomic E-state index is 11.2. The second kappa shape index (κ2) is 6.53. The summed E-state index contributed by atoms with van der Waals surface area (Å²) in [5.41, 5.74) is -1.35.